The van der Waals surface area contributed by atoms with Gasteiger partial charge in [-0.15, -0.1) is 11.3 Å². The van der Waals surface area contributed by atoms with Gasteiger partial charge < -0.3 is 14.4 Å². The number of piperazine rings is 1. The van der Waals surface area contributed by atoms with Crippen LogP contribution in [0, 0.1) is 6.92 Å². The smallest absolute Gasteiger partial charge is 0.254 e. The third kappa shape index (κ3) is 5.62. The summed E-state index contributed by atoms with van der Waals surface area (Å²) in [6.07, 6.45) is 0. The maximum absolute atomic E-state index is 13.0. The molecule has 0 atom stereocenters. The van der Waals surface area contributed by atoms with Gasteiger partial charge in [0, 0.05) is 43.7 Å². The lowest BCUT2D eigenvalue weighted by atomic mass is 10.1. The van der Waals surface area contributed by atoms with Crippen molar-refractivity contribution in [3.8, 4) is 11.5 Å². The standard InChI is InChI=1S/C24H27N3O3S/c1-18-25-21(17-31-18)16-30-23-5-3-4-20(14-23)24(28)27-12-10-26(11-13-27)15-19-6-8-22(29-2)9-7-19/h3-9,14,17H,10-13,15-16H2,1-2H3. The number of aromatic nitrogens is 1. The van der Waals surface area contributed by atoms with Gasteiger partial charge in [-0.1, -0.05) is 18.2 Å². The number of benzene rings is 2. The van der Waals surface area contributed by atoms with Gasteiger partial charge in [0.25, 0.3) is 5.91 Å². The SMILES string of the molecule is COc1ccc(CN2CCN(C(=O)c3cccc(OCc4csc(C)n4)c3)CC2)cc1. The summed E-state index contributed by atoms with van der Waals surface area (Å²) in [5.41, 5.74) is 2.82. The number of carbonyl (C=O) groups is 1. The highest BCUT2D eigenvalue weighted by atomic mass is 32.1. The van der Waals surface area contributed by atoms with E-state index in [0.717, 1.165) is 49.2 Å². The minimum Gasteiger partial charge on any atom is -0.497 e. The Hall–Kier alpha value is -2.90. The van der Waals surface area contributed by atoms with Gasteiger partial charge in [-0.2, -0.15) is 0 Å². The molecule has 1 aliphatic rings. The highest BCUT2D eigenvalue weighted by molar-refractivity contribution is 7.09. The number of carbonyl (C=O) groups excluding carboxylic acids is 1. The molecular formula is C24H27N3O3S. The van der Waals surface area contributed by atoms with E-state index in [1.807, 2.05) is 53.6 Å². The number of nitrogens with zero attached hydrogens (tertiary/aromatic N) is 3. The van der Waals surface area contributed by atoms with Gasteiger partial charge >= 0.3 is 0 Å². The third-order valence-corrected chi connectivity index (χ3v) is 6.18. The number of hydrogen-bond acceptors (Lipinski definition) is 6. The number of rotatable bonds is 7. The van der Waals surface area contributed by atoms with Crippen LogP contribution in [0.1, 0.15) is 26.6 Å². The monoisotopic (exact) mass is 437 g/mol. The van der Waals surface area contributed by atoms with E-state index in [-0.39, 0.29) is 5.91 Å². The summed E-state index contributed by atoms with van der Waals surface area (Å²) in [4.78, 5) is 21.7. The average Bonchev–Trinajstić information content (AvgIpc) is 3.23. The van der Waals surface area contributed by atoms with Gasteiger partial charge in [-0.3, -0.25) is 9.69 Å². The topological polar surface area (TPSA) is 54.9 Å². The van der Waals surface area contributed by atoms with Gasteiger partial charge in [-0.05, 0) is 42.8 Å². The molecule has 6 nitrogen and oxygen atoms in total. The first-order valence-electron chi connectivity index (χ1n) is 10.4. The number of hydrogen-bond donors (Lipinski definition) is 0. The molecule has 0 unspecified atom stereocenters. The van der Waals surface area contributed by atoms with Crippen molar-refractivity contribution in [2.24, 2.45) is 0 Å². The van der Waals surface area contributed by atoms with Crippen molar-refractivity contribution in [3.63, 3.8) is 0 Å². The van der Waals surface area contributed by atoms with Crippen molar-refractivity contribution in [2.45, 2.75) is 20.1 Å². The average molecular weight is 438 g/mol. The molecule has 1 saturated heterocycles. The maximum Gasteiger partial charge on any atom is 0.254 e. The predicted molar refractivity (Wildman–Crippen MR) is 122 cm³/mol. The fraction of sp³-hybridized carbons (Fsp3) is 0.333. The molecule has 0 aliphatic carbocycles. The molecule has 1 fully saturated rings. The van der Waals surface area contributed by atoms with E-state index in [1.165, 1.54) is 5.56 Å². The van der Waals surface area contributed by atoms with Gasteiger partial charge in [0.15, 0.2) is 0 Å². The summed E-state index contributed by atoms with van der Waals surface area (Å²) in [5.74, 6) is 1.61. The van der Waals surface area contributed by atoms with Crippen LogP contribution in [0.3, 0.4) is 0 Å². The Morgan fingerprint density at radius 2 is 1.84 bits per heavy atom. The largest absolute Gasteiger partial charge is 0.497 e. The molecule has 7 heteroatoms. The zero-order chi connectivity index (χ0) is 21.6. The minimum absolute atomic E-state index is 0.0547. The number of aryl methyl sites for hydroxylation is 1. The number of thiazole rings is 1. The van der Waals surface area contributed by atoms with E-state index in [1.54, 1.807) is 18.4 Å². The second kappa shape index (κ2) is 9.94. The Labute approximate surface area is 187 Å². The zero-order valence-electron chi connectivity index (χ0n) is 17.9. The first kappa shape index (κ1) is 21.3. The molecule has 2 aromatic carbocycles. The summed E-state index contributed by atoms with van der Waals surface area (Å²) in [6.45, 7) is 6.42. The molecule has 1 aliphatic heterocycles. The molecule has 0 spiro atoms. The van der Waals surface area contributed by atoms with Crippen molar-refractivity contribution >= 4 is 17.2 Å². The summed E-state index contributed by atoms with van der Waals surface area (Å²) >= 11 is 1.61. The normalized spacial score (nSPS) is 14.5. The quantitative estimate of drug-likeness (QED) is 0.559. The second-order valence-corrected chi connectivity index (χ2v) is 8.65. The molecular weight excluding hydrogens is 410 g/mol. The van der Waals surface area contributed by atoms with Crippen LogP contribution in [-0.2, 0) is 13.2 Å². The van der Waals surface area contributed by atoms with Crippen LogP contribution in [0.5, 0.6) is 11.5 Å². The van der Waals surface area contributed by atoms with E-state index >= 15 is 0 Å². The Kier molecular flexibility index (Phi) is 6.84. The number of ether oxygens (including phenoxy) is 2. The lowest BCUT2D eigenvalue weighted by Gasteiger charge is -2.34. The zero-order valence-corrected chi connectivity index (χ0v) is 18.7. The number of amides is 1. The van der Waals surface area contributed by atoms with Crippen LogP contribution >= 0.6 is 11.3 Å². The molecule has 1 aromatic heterocycles. The van der Waals surface area contributed by atoms with Crippen LogP contribution in [-0.4, -0.2) is 54.0 Å². The lowest BCUT2D eigenvalue weighted by molar-refractivity contribution is 0.0628. The highest BCUT2D eigenvalue weighted by Crippen LogP contribution is 2.19. The van der Waals surface area contributed by atoms with Gasteiger partial charge in [0.1, 0.15) is 18.1 Å². The second-order valence-electron chi connectivity index (χ2n) is 7.59. The maximum atomic E-state index is 13.0. The Balaban J connectivity index is 1.29. The lowest BCUT2D eigenvalue weighted by Crippen LogP contribution is -2.48. The van der Waals surface area contributed by atoms with Crippen LogP contribution in [0.4, 0.5) is 0 Å². The van der Waals surface area contributed by atoms with E-state index in [0.29, 0.717) is 17.9 Å². The summed E-state index contributed by atoms with van der Waals surface area (Å²) in [6, 6.07) is 15.6. The van der Waals surface area contributed by atoms with E-state index < -0.39 is 0 Å². The van der Waals surface area contributed by atoms with Crippen molar-refractivity contribution in [2.75, 3.05) is 33.3 Å². The van der Waals surface area contributed by atoms with Crippen LogP contribution in [0.25, 0.3) is 0 Å². The first-order chi connectivity index (χ1) is 15.1. The highest BCUT2D eigenvalue weighted by Gasteiger charge is 2.22. The fourth-order valence-electron chi connectivity index (χ4n) is 3.63. The molecule has 1 amide bonds. The molecule has 4 rings (SSSR count). The van der Waals surface area contributed by atoms with Crippen LogP contribution in [0.15, 0.2) is 53.9 Å². The van der Waals surface area contributed by atoms with Crippen molar-refractivity contribution < 1.29 is 14.3 Å². The molecule has 0 radical (unpaired) electrons. The Bertz CT molecular complexity index is 1010. The van der Waals surface area contributed by atoms with Gasteiger partial charge in [0.05, 0.1) is 17.8 Å². The molecule has 0 saturated carbocycles. The molecule has 2 heterocycles. The molecule has 31 heavy (non-hydrogen) atoms. The molecule has 0 bridgehead atoms. The summed E-state index contributed by atoms with van der Waals surface area (Å²) in [5, 5.41) is 3.02. The van der Waals surface area contributed by atoms with Gasteiger partial charge in [-0.25, -0.2) is 4.98 Å². The fourth-order valence-corrected chi connectivity index (χ4v) is 4.23. The van der Waals surface area contributed by atoms with Crippen molar-refractivity contribution in [3.05, 3.63) is 75.7 Å². The molecule has 162 valence electrons. The van der Waals surface area contributed by atoms with Gasteiger partial charge in [0.2, 0.25) is 0 Å². The van der Waals surface area contributed by atoms with Crippen LogP contribution in [0.2, 0.25) is 0 Å². The molecule has 3 aromatic rings. The van der Waals surface area contributed by atoms with E-state index in [9.17, 15) is 4.79 Å². The van der Waals surface area contributed by atoms with Crippen LogP contribution < -0.4 is 9.47 Å². The summed E-state index contributed by atoms with van der Waals surface area (Å²) < 4.78 is 11.1. The number of methoxy groups -OCH3 is 1. The predicted octanol–water partition coefficient (Wildman–Crippen LogP) is 4.00. The Morgan fingerprint density at radius 3 is 2.52 bits per heavy atom. The summed E-state index contributed by atoms with van der Waals surface area (Å²) in [7, 11) is 1.68. The van der Waals surface area contributed by atoms with E-state index in [4.69, 9.17) is 9.47 Å². The first-order valence-corrected chi connectivity index (χ1v) is 11.3. The van der Waals surface area contributed by atoms with Crippen molar-refractivity contribution in [1.29, 1.82) is 0 Å². The van der Waals surface area contributed by atoms with E-state index in [2.05, 4.69) is 22.0 Å². The minimum atomic E-state index is 0.0547. The third-order valence-electron chi connectivity index (χ3n) is 5.36. The molecule has 0 N–H and O–H groups in total. The Morgan fingerprint density at radius 1 is 1.06 bits per heavy atom. The van der Waals surface area contributed by atoms with Crippen molar-refractivity contribution in [1.82, 2.24) is 14.8 Å².